The van der Waals surface area contributed by atoms with Gasteiger partial charge in [-0.3, -0.25) is 4.79 Å². The first-order valence-electron chi connectivity index (χ1n) is 7.49. The van der Waals surface area contributed by atoms with Crippen molar-refractivity contribution in [3.8, 4) is 17.1 Å². The molecule has 0 radical (unpaired) electrons. The van der Waals surface area contributed by atoms with Crippen LogP contribution in [-0.2, 0) is 11.8 Å². The van der Waals surface area contributed by atoms with Crippen molar-refractivity contribution < 1.29 is 9.53 Å². The van der Waals surface area contributed by atoms with Crippen LogP contribution in [0.15, 0.2) is 41.0 Å². The number of benzene rings is 1. The molecular formula is C16H17N5O2S2. The Balaban J connectivity index is 1.73. The summed E-state index contributed by atoms with van der Waals surface area (Å²) in [6.07, 6.45) is 1.65. The van der Waals surface area contributed by atoms with E-state index in [0.717, 1.165) is 11.3 Å². The number of rotatable bonds is 6. The monoisotopic (exact) mass is 375 g/mol. The summed E-state index contributed by atoms with van der Waals surface area (Å²) in [4.78, 5) is 16.3. The summed E-state index contributed by atoms with van der Waals surface area (Å²) in [7, 11) is 3.50. The summed E-state index contributed by atoms with van der Waals surface area (Å²) < 4.78 is 7.12. The molecular weight excluding hydrogens is 358 g/mol. The van der Waals surface area contributed by atoms with Gasteiger partial charge in [0.15, 0.2) is 16.1 Å². The van der Waals surface area contributed by atoms with E-state index in [9.17, 15) is 4.79 Å². The molecule has 0 unspecified atom stereocenters. The second kappa shape index (κ2) is 7.66. The number of thioether (sulfide) groups is 1. The van der Waals surface area contributed by atoms with Crippen LogP contribution >= 0.6 is 23.1 Å². The smallest absolute Gasteiger partial charge is 0.239 e. The Hall–Kier alpha value is -2.39. The van der Waals surface area contributed by atoms with E-state index in [4.69, 9.17) is 4.74 Å². The van der Waals surface area contributed by atoms with Crippen LogP contribution in [0.3, 0.4) is 0 Å². The summed E-state index contributed by atoms with van der Waals surface area (Å²) in [6.45, 7) is 1.83. The van der Waals surface area contributed by atoms with Crippen molar-refractivity contribution in [2.45, 2.75) is 17.3 Å². The molecule has 1 amide bonds. The Labute approximate surface area is 153 Å². The fourth-order valence-electron chi connectivity index (χ4n) is 2.13. The zero-order valence-electron chi connectivity index (χ0n) is 14.0. The van der Waals surface area contributed by atoms with Crippen LogP contribution in [0.2, 0.25) is 0 Å². The highest BCUT2D eigenvalue weighted by molar-refractivity contribution is 8.00. The van der Waals surface area contributed by atoms with E-state index in [1.807, 2.05) is 48.2 Å². The Morgan fingerprint density at radius 3 is 2.96 bits per heavy atom. The quantitative estimate of drug-likeness (QED) is 0.667. The lowest BCUT2D eigenvalue weighted by molar-refractivity contribution is -0.115. The molecule has 2 heterocycles. The number of anilines is 1. The Morgan fingerprint density at radius 1 is 1.40 bits per heavy atom. The summed E-state index contributed by atoms with van der Waals surface area (Å²) in [5.74, 6) is 1.35. The van der Waals surface area contributed by atoms with Gasteiger partial charge in [-0.2, -0.15) is 0 Å². The first-order valence-corrected chi connectivity index (χ1v) is 9.25. The molecule has 0 saturated heterocycles. The molecule has 2 aromatic heterocycles. The molecule has 3 aromatic rings. The molecule has 25 heavy (non-hydrogen) atoms. The van der Waals surface area contributed by atoms with Gasteiger partial charge >= 0.3 is 0 Å². The van der Waals surface area contributed by atoms with E-state index in [-0.39, 0.29) is 11.2 Å². The van der Waals surface area contributed by atoms with E-state index in [1.165, 1.54) is 23.1 Å². The normalized spacial score (nSPS) is 12.0. The number of nitrogens with one attached hydrogen (secondary N) is 1. The van der Waals surface area contributed by atoms with Crippen molar-refractivity contribution in [2.75, 3.05) is 12.4 Å². The number of nitrogens with zero attached hydrogens (tertiary/aromatic N) is 4. The first kappa shape index (κ1) is 17.4. The number of carbonyl (C=O) groups excluding carboxylic acids is 1. The van der Waals surface area contributed by atoms with Crippen molar-refractivity contribution >= 4 is 34.1 Å². The number of amides is 1. The van der Waals surface area contributed by atoms with E-state index < -0.39 is 0 Å². The van der Waals surface area contributed by atoms with Gasteiger partial charge in [0.1, 0.15) is 5.75 Å². The third-order valence-corrected chi connectivity index (χ3v) is 5.30. The van der Waals surface area contributed by atoms with Crippen molar-refractivity contribution in [3.05, 3.63) is 35.8 Å². The van der Waals surface area contributed by atoms with Gasteiger partial charge in [-0.15, -0.1) is 21.5 Å². The average molecular weight is 375 g/mol. The predicted molar refractivity (Wildman–Crippen MR) is 99.1 cm³/mol. The van der Waals surface area contributed by atoms with Crippen LogP contribution < -0.4 is 10.1 Å². The first-order chi connectivity index (χ1) is 12.1. The summed E-state index contributed by atoms with van der Waals surface area (Å²) in [5, 5.41) is 14.0. The fourth-order valence-corrected chi connectivity index (χ4v) is 3.48. The number of hydrogen-bond donors (Lipinski definition) is 1. The van der Waals surface area contributed by atoms with Crippen LogP contribution in [0.1, 0.15) is 6.92 Å². The minimum atomic E-state index is -0.329. The van der Waals surface area contributed by atoms with E-state index in [0.29, 0.717) is 16.1 Å². The zero-order valence-corrected chi connectivity index (χ0v) is 15.6. The SMILES string of the molecule is COc1cccc(-c2nnc(S[C@@H](C)C(=O)Nc3nccs3)n2C)c1. The molecule has 0 aliphatic heterocycles. The Kier molecular flexibility index (Phi) is 5.34. The van der Waals surface area contributed by atoms with Crippen LogP contribution in [0.5, 0.6) is 5.75 Å². The van der Waals surface area contributed by atoms with Gasteiger partial charge in [0, 0.05) is 24.2 Å². The molecule has 1 N–H and O–H groups in total. The lowest BCUT2D eigenvalue weighted by Crippen LogP contribution is -2.22. The van der Waals surface area contributed by atoms with Gasteiger partial charge in [0.2, 0.25) is 5.91 Å². The van der Waals surface area contributed by atoms with E-state index in [1.54, 1.807) is 13.3 Å². The Bertz CT molecular complexity index is 863. The molecule has 0 saturated carbocycles. The average Bonchev–Trinajstić information content (AvgIpc) is 3.25. The topological polar surface area (TPSA) is 81.9 Å². The zero-order chi connectivity index (χ0) is 17.8. The summed E-state index contributed by atoms with van der Waals surface area (Å²) in [6, 6.07) is 7.62. The molecule has 3 rings (SSSR count). The van der Waals surface area contributed by atoms with Gasteiger partial charge in [0.25, 0.3) is 0 Å². The van der Waals surface area contributed by atoms with Gasteiger partial charge in [-0.05, 0) is 19.1 Å². The maximum absolute atomic E-state index is 12.2. The number of methoxy groups -OCH3 is 1. The molecule has 0 bridgehead atoms. The Morgan fingerprint density at radius 2 is 2.24 bits per heavy atom. The number of hydrogen-bond acceptors (Lipinski definition) is 7. The standard InChI is InChI=1S/C16H17N5O2S2/c1-10(14(22)18-15-17-7-8-24-15)25-16-20-19-13(21(16)2)11-5-4-6-12(9-11)23-3/h4-10H,1-3H3,(H,17,18,22)/t10-/m0/s1. The van der Waals surface area contributed by atoms with Crippen molar-refractivity contribution in [1.29, 1.82) is 0 Å². The molecule has 9 heteroatoms. The highest BCUT2D eigenvalue weighted by Crippen LogP contribution is 2.28. The number of aromatic nitrogens is 4. The molecule has 7 nitrogen and oxygen atoms in total. The highest BCUT2D eigenvalue weighted by Gasteiger charge is 2.20. The number of carbonyl (C=O) groups is 1. The minimum absolute atomic E-state index is 0.120. The van der Waals surface area contributed by atoms with Gasteiger partial charge < -0.3 is 14.6 Å². The molecule has 0 spiro atoms. The van der Waals surface area contributed by atoms with Crippen LogP contribution in [0.25, 0.3) is 11.4 Å². The van der Waals surface area contributed by atoms with Crippen molar-refractivity contribution in [2.24, 2.45) is 7.05 Å². The third kappa shape index (κ3) is 3.99. The molecule has 0 aliphatic carbocycles. The van der Waals surface area contributed by atoms with Gasteiger partial charge in [-0.1, -0.05) is 23.9 Å². The van der Waals surface area contributed by atoms with E-state index >= 15 is 0 Å². The maximum atomic E-state index is 12.2. The molecule has 130 valence electrons. The lowest BCUT2D eigenvalue weighted by Gasteiger charge is -2.10. The van der Waals surface area contributed by atoms with Crippen LogP contribution in [0, 0.1) is 0 Å². The third-order valence-electron chi connectivity index (χ3n) is 3.48. The summed E-state index contributed by atoms with van der Waals surface area (Å²) >= 11 is 2.73. The molecule has 0 fully saturated rings. The molecule has 0 aliphatic rings. The van der Waals surface area contributed by atoms with Crippen LogP contribution in [-0.4, -0.2) is 38.0 Å². The fraction of sp³-hybridized carbons (Fsp3) is 0.250. The number of ether oxygens (including phenoxy) is 1. The van der Waals surface area contributed by atoms with Gasteiger partial charge in [-0.25, -0.2) is 4.98 Å². The molecule has 1 aromatic carbocycles. The van der Waals surface area contributed by atoms with E-state index in [2.05, 4.69) is 20.5 Å². The van der Waals surface area contributed by atoms with Crippen molar-refractivity contribution in [3.63, 3.8) is 0 Å². The second-order valence-electron chi connectivity index (χ2n) is 5.18. The van der Waals surface area contributed by atoms with Gasteiger partial charge in [0.05, 0.1) is 12.4 Å². The predicted octanol–water partition coefficient (Wildman–Crippen LogP) is 3.07. The largest absolute Gasteiger partial charge is 0.497 e. The number of thiazole rings is 1. The van der Waals surface area contributed by atoms with Crippen molar-refractivity contribution in [1.82, 2.24) is 19.7 Å². The second-order valence-corrected chi connectivity index (χ2v) is 7.39. The van der Waals surface area contributed by atoms with Crippen LogP contribution in [0.4, 0.5) is 5.13 Å². The lowest BCUT2D eigenvalue weighted by atomic mass is 10.2. The maximum Gasteiger partial charge on any atom is 0.239 e. The summed E-state index contributed by atoms with van der Waals surface area (Å²) in [5.41, 5.74) is 0.904. The minimum Gasteiger partial charge on any atom is -0.497 e. The highest BCUT2D eigenvalue weighted by atomic mass is 32.2. The molecule has 1 atom stereocenters.